The van der Waals surface area contributed by atoms with Crippen molar-refractivity contribution in [2.75, 3.05) is 24.4 Å². The summed E-state index contributed by atoms with van der Waals surface area (Å²) in [4.78, 5) is 0. The molecule has 0 saturated carbocycles. The third-order valence-electron chi connectivity index (χ3n) is 2.17. The van der Waals surface area contributed by atoms with Gasteiger partial charge in [-0.1, -0.05) is 0 Å². The van der Waals surface area contributed by atoms with E-state index in [0.717, 1.165) is 10.6 Å². The molecule has 6 nitrogen and oxygen atoms in total. The number of sulfone groups is 1. The first-order valence-corrected chi connectivity index (χ1v) is 8.07. The van der Waals surface area contributed by atoms with E-state index in [2.05, 4.69) is 0 Å². The number of aliphatic hydroxyl groups is 1. The molecule has 1 saturated heterocycles. The second kappa shape index (κ2) is 3.69. The van der Waals surface area contributed by atoms with Gasteiger partial charge in [0.1, 0.15) is 0 Å². The fourth-order valence-corrected chi connectivity index (χ4v) is 5.09. The molecule has 1 rings (SSSR count). The monoisotopic (exact) mass is 257 g/mol. The molecule has 1 N–H and O–H groups in total. The summed E-state index contributed by atoms with van der Waals surface area (Å²) in [6, 6.07) is 0. The van der Waals surface area contributed by atoms with Crippen LogP contribution in [0, 0.1) is 0 Å². The van der Waals surface area contributed by atoms with Crippen molar-refractivity contribution >= 4 is 19.9 Å². The molecule has 0 aromatic heterocycles. The van der Waals surface area contributed by atoms with Gasteiger partial charge in [0.2, 0.25) is 10.0 Å². The Morgan fingerprint density at radius 3 is 2.20 bits per heavy atom. The van der Waals surface area contributed by atoms with Gasteiger partial charge < -0.3 is 5.11 Å². The summed E-state index contributed by atoms with van der Waals surface area (Å²) in [5, 5.41) is 8.68. The molecule has 0 bridgehead atoms. The average molecular weight is 257 g/mol. The van der Waals surface area contributed by atoms with Crippen LogP contribution in [0.5, 0.6) is 0 Å². The van der Waals surface area contributed by atoms with Gasteiger partial charge in [-0.05, 0) is 13.3 Å². The van der Waals surface area contributed by atoms with Crippen molar-refractivity contribution in [1.82, 2.24) is 4.31 Å². The van der Waals surface area contributed by atoms with E-state index in [9.17, 15) is 21.9 Å². The van der Waals surface area contributed by atoms with E-state index in [1.54, 1.807) is 0 Å². The van der Waals surface area contributed by atoms with Gasteiger partial charge in [-0.3, -0.25) is 0 Å². The maximum Gasteiger partial charge on any atom is 0.228 e. The van der Waals surface area contributed by atoms with Crippen LogP contribution >= 0.6 is 0 Å². The predicted molar refractivity (Wildman–Crippen MR) is 55.4 cm³/mol. The predicted octanol–water partition coefficient (Wildman–Crippen LogP) is -1.22. The summed E-state index contributed by atoms with van der Waals surface area (Å²) >= 11 is 0. The Morgan fingerprint density at radius 1 is 1.33 bits per heavy atom. The molecule has 1 heterocycles. The van der Waals surface area contributed by atoms with Crippen LogP contribution in [0.2, 0.25) is 0 Å². The third-order valence-corrected chi connectivity index (χ3v) is 6.18. The standard InChI is InChI=1S/C7H15NO5S2/c1-7(9)3-4-8(5-7)15(12,13)6-14(2,10)11/h9H,3-6H2,1-2H3. The summed E-state index contributed by atoms with van der Waals surface area (Å²) in [5.74, 6) is 0. The molecule has 1 fully saturated rings. The summed E-state index contributed by atoms with van der Waals surface area (Å²) in [6.45, 7) is 1.67. The molecule has 1 aliphatic rings. The number of nitrogens with zero attached hydrogens (tertiary/aromatic N) is 1. The Hall–Kier alpha value is -0.180. The van der Waals surface area contributed by atoms with Crippen molar-refractivity contribution in [3.8, 4) is 0 Å². The SMILES string of the molecule is CC1(O)CCN(S(=O)(=O)CS(C)(=O)=O)C1. The Bertz CT molecular complexity index is 436. The number of hydrogen-bond acceptors (Lipinski definition) is 5. The van der Waals surface area contributed by atoms with E-state index in [1.165, 1.54) is 6.92 Å². The second-order valence-corrected chi connectivity index (χ2v) is 8.71. The summed E-state index contributed by atoms with van der Waals surface area (Å²) in [5.41, 5.74) is -1.05. The molecule has 0 spiro atoms. The minimum atomic E-state index is -3.80. The highest BCUT2D eigenvalue weighted by atomic mass is 32.3. The minimum absolute atomic E-state index is 0.0369. The maximum atomic E-state index is 11.6. The van der Waals surface area contributed by atoms with Gasteiger partial charge in [-0.25, -0.2) is 16.8 Å². The summed E-state index contributed by atoms with van der Waals surface area (Å²) in [6.07, 6.45) is 1.20. The summed E-state index contributed by atoms with van der Waals surface area (Å²) in [7, 11) is -7.37. The van der Waals surface area contributed by atoms with Crippen LogP contribution in [-0.4, -0.2) is 56.3 Å². The third kappa shape index (κ3) is 3.71. The lowest BCUT2D eigenvalue weighted by Gasteiger charge is -2.18. The normalized spacial score (nSPS) is 29.5. The van der Waals surface area contributed by atoms with Gasteiger partial charge in [-0.2, -0.15) is 4.31 Å². The smallest absolute Gasteiger partial charge is 0.228 e. The van der Waals surface area contributed by atoms with E-state index in [1.807, 2.05) is 0 Å². The lowest BCUT2D eigenvalue weighted by molar-refractivity contribution is 0.0763. The second-order valence-electron chi connectivity index (χ2n) is 4.24. The van der Waals surface area contributed by atoms with Crippen molar-refractivity contribution < 1.29 is 21.9 Å². The molecule has 1 atom stereocenters. The molecule has 15 heavy (non-hydrogen) atoms. The van der Waals surface area contributed by atoms with Crippen molar-refractivity contribution in [2.45, 2.75) is 18.9 Å². The highest BCUT2D eigenvalue weighted by Crippen LogP contribution is 2.23. The lowest BCUT2D eigenvalue weighted by atomic mass is 10.1. The van der Waals surface area contributed by atoms with Crippen LogP contribution in [0.15, 0.2) is 0 Å². The molecule has 1 aliphatic heterocycles. The van der Waals surface area contributed by atoms with Gasteiger partial charge in [0, 0.05) is 19.3 Å². The van der Waals surface area contributed by atoms with E-state index in [-0.39, 0.29) is 13.1 Å². The van der Waals surface area contributed by atoms with Crippen molar-refractivity contribution in [1.29, 1.82) is 0 Å². The zero-order valence-corrected chi connectivity index (χ0v) is 10.3. The van der Waals surface area contributed by atoms with Crippen LogP contribution in [-0.2, 0) is 19.9 Å². The van der Waals surface area contributed by atoms with Crippen LogP contribution in [0.4, 0.5) is 0 Å². The minimum Gasteiger partial charge on any atom is -0.389 e. The molecule has 8 heteroatoms. The molecule has 0 aromatic rings. The van der Waals surface area contributed by atoms with E-state index >= 15 is 0 Å². The van der Waals surface area contributed by atoms with Crippen LogP contribution in [0.1, 0.15) is 13.3 Å². The largest absolute Gasteiger partial charge is 0.389 e. The lowest BCUT2D eigenvalue weighted by Crippen LogP contribution is -2.36. The zero-order chi connectivity index (χ0) is 11.9. The molecule has 0 amide bonds. The number of sulfonamides is 1. The van der Waals surface area contributed by atoms with Gasteiger partial charge in [0.25, 0.3) is 0 Å². The van der Waals surface area contributed by atoms with Gasteiger partial charge in [0.05, 0.1) is 5.60 Å². The fourth-order valence-electron chi connectivity index (χ4n) is 1.49. The van der Waals surface area contributed by atoms with E-state index in [4.69, 9.17) is 0 Å². The highest BCUT2D eigenvalue weighted by molar-refractivity contribution is 8.06. The zero-order valence-electron chi connectivity index (χ0n) is 8.67. The molecule has 1 unspecified atom stereocenters. The summed E-state index contributed by atoms with van der Waals surface area (Å²) < 4.78 is 46.0. The van der Waals surface area contributed by atoms with Gasteiger partial charge in [-0.15, -0.1) is 0 Å². The van der Waals surface area contributed by atoms with Gasteiger partial charge >= 0.3 is 0 Å². The molecule has 90 valence electrons. The molecular formula is C7H15NO5S2. The number of rotatable bonds is 3. The van der Waals surface area contributed by atoms with Crippen LogP contribution in [0.25, 0.3) is 0 Å². The Morgan fingerprint density at radius 2 is 1.87 bits per heavy atom. The van der Waals surface area contributed by atoms with E-state index < -0.39 is 30.5 Å². The van der Waals surface area contributed by atoms with Crippen molar-refractivity contribution in [3.05, 3.63) is 0 Å². The fraction of sp³-hybridized carbons (Fsp3) is 1.00. The van der Waals surface area contributed by atoms with Gasteiger partial charge in [0.15, 0.2) is 14.9 Å². The topological polar surface area (TPSA) is 91.8 Å². The maximum absolute atomic E-state index is 11.6. The first-order chi connectivity index (χ1) is 6.52. The van der Waals surface area contributed by atoms with Crippen LogP contribution in [0.3, 0.4) is 0 Å². The quantitative estimate of drug-likeness (QED) is 0.684. The van der Waals surface area contributed by atoms with E-state index in [0.29, 0.717) is 6.42 Å². The Balaban J connectivity index is 2.82. The highest BCUT2D eigenvalue weighted by Gasteiger charge is 2.38. The molecule has 0 aliphatic carbocycles. The molecular weight excluding hydrogens is 242 g/mol. The Kier molecular flexibility index (Phi) is 3.17. The van der Waals surface area contributed by atoms with Crippen molar-refractivity contribution in [2.24, 2.45) is 0 Å². The molecule has 0 radical (unpaired) electrons. The van der Waals surface area contributed by atoms with Crippen molar-refractivity contribution in [3.63, 3.8) is 0 Å². The first-order valence-electron chi connectivity index (χ1n) is 4.40. The number of hydrogen-bond donors (Lipinski definition) is 1. The molecule has 0 aromatic carbocycles. The van der Waals surface area contributed by atoms with Crippen LogP contribution < -0.4 is 0 Å². The average Bonchev–Trinajstić information content (AvgIpc) is 2.25. The number of β-amino-alcohol motifs (C(OH)–C–C–N with tert-alkyl or cyclic N) is 1. The first kappa shape index (κ1) is 12.9. The Labute approximate surface area is 89.9 Å².